The first-order valence-corrected chi connectivity index (χ1v) is 7.28. The van der Waals surface area contributed by atoms with E-state index < -0.39 is 0 Å². The van der Waals surface area contributed by atoms with Crippen molar-refractivity contribution in [3.63, 3.8) is 0 Å². The number of carbonyl (C=O) groups is 2. The van der Waals surface area contributed by atoms with E-state index in [1.807, 2.05) is 29.2 Å². The van der Waals surface area contributed by atoms with E-state index in [-0.39, 0.29) is 11.8 Å². The molecule has 1 N–H and O–H groups in total. The molecule has 0 saturated carbocycles. The SMILES string of the molecule is COc1cccc(CNC(=O)CN2CCCC(C=O)C2)c1. The first-order chi connectivity index (χ1) is 10.2. The summed E-state index contributed by atoms with van der Waals surface area (Å²) >= 11 is 0. The van der Waals surface area contributed by atoms with Gasteiger partial charge in [0.25, 0.3) is 0 Å². The third kappa shape index (κ3) is 4.86. The summed E-state index contributed by atoms with van der Waals surface area (Å²) in [5.74, 6) is 0.848. The van der Waals surface area contributed by atoms with Gasteiger partial charge < -0.3 is 14.8 Å². The number of carbonyl (C=O) groups excluding carboxylic acids is 2. The molecule has 1 aromatic rings. The van der Waals surface area contributed by atoms with Crippen LogP contribution in [0.15, 0.2) is 24.3 Å². The summed E-state index contributed by atoms with van der Waals surface area (Å²) in [6.45, 7) is 2.42. The minimum Gasteiger partial charge on any atom is -0.497 e. The molecule has 0 spiro atoms. The van der Waals surface area contributed by atoms with E-state index in [2.05, 4.69) is 5.32 Å². The van der Waals surface area contributed by atoms with Gasteiger partial charge in [-0.15, -0.1) is 0 Å². The van der Waals surface area contributed by atoms with Crippen LogP contribution in [-0.4, -0.2) is 43.8 Å². The maximum atomic E-state index is 12.0. The molecule has 0 bridgehead atoms. The van der Waals surface area contributed by atoms with Gasteiger partial charge in [-0.3, -0.25) is 9.69 Å². The quantitative estimate of drug-likeness (QED) is 0.800. The lowest BCUT2D eigenvalue weighted by Crippen LogP contribution is -2.42. The second-order valence-electron chi connectivity index (χ2n) is 5.40. The van der Waals surface area contributed by atoms with Crippen LogP contribution in [0.2, 0.25) is 0 Å². The summed E-state index contributed by atoms with van der Waals surface area (Å²) in [4.78, 5) is 24.8. The number of ether oxygens (including phenoxy) is 1. The van der Waals surface area contributed by atoms with Crippen LogP contribution in [-0.2, 0) is 16.1 Å². The summed E-state index contributed by atoms with van der Waals surface area (Å²) in [6.07, 6.45) is 2.91. The average molecular weight is 290 g/mol. The number of aldehydes is 1. The second kappa shape index (κ2) is 7.78. The van der Waals surface area contributed by atoms with Crippen molar-refractivity contribution in [1.29, 1.82) is 0 Å². The van der Waals surface area contributed by atoms with Crippen LogP contribution in [0.25, 0.3) is 0 Å². The standard InChI is InChI=1S/C16H22N2O3/c1-21-15-6-2-4-13(8-15)9-17-16(20)11-18-7-3-5-14(10-18)12-19/h2,4,6,8,12,14H,3,5,7,9-11H2,1H3,(H,17,20). The first-order valence-electron chi connectivity index (χ1n) is 7.28. The third-order valence-corrected chi connectivity index (χ3v) is 3.73. The molecule has 21 heavy (non-hydrogen) atoms. The Morgan fingerprint density at radius 2 is 2.38 bits per heavy atom. The Balaban J connectivity index is 1.77. The number of amides is 1. The number of likely N-dealkylation sites (tertiary alicyclic amines) is 1. The highest BCUT2D eigenvalue weighted by Gasteiger charge is 2.20. The van der Waals surface area contributed by atoms with Gasteiger partial charge in [-0.05, 0) is 37.1 Å². The molecule has 0 aromatic heterocycles. The van der Waals surface area contributed by atoms with Crippen LogP contribution in [0.3, 0.4) is 0 Å². The number of hydrogen-bond donors (Lipinski definition) is 1. The second-order valence-corrected chi connectivity index (χ2v) is 5.40. The third-order valence-electron chi connectivity index (χ3n) is 3.73. The van der Waals surface area contributed by atoms with Crippen LogP contribution in [0.4, 0.5) is 0 Å². The summed E-state index contributed by atoms with van der Waals surface area (Å²) in [5.41, 5.74) is 1.01. The number of benzene rings is 1. The molecule has 1 amide bonds. The summed E-state index contributed by atoms with van der Waals surface area (Å²) in [7, 11) is 1.62. The van der Waals surface area contributed by atoms with Crippen LogP contribution in [0.5, 0.6) is 5.75 Å². The van der Waals surface area contributed by atoms with Crippen molar-refractivity contribution >= 4 is 12.2 Å². The van der Waals surface area contributed by atoms with Gasteiger partial charge >= 0.3 is 0 Å². The lowest BCUT2D eigenvalue weighted by atomic mass is 10.00. The molecule has 0 aliphatic carbocycles. The Hall–Kier alpha value is -1.88. The van der Waals surface area contributed by atoms with Crippen molar-refractivity contribution in [3.8, 4) is 5.75 Å². The van der Waals surface area contributed by atoms with Gasteiger partial charge in [0.15, 0.2) is 0 Å². The molecular formula is C16H22N2O3. The summed E-state index contributed by atoms with van der Waals surface area (Å²) in [6, 6.07) is 7.63. The summed E-state index contributed by atoms with van der Waals surface area (Å²) < 4.78 is 5.15. The predicted octanol–water partition coefficient (Wildman–Crippen LogP) is 1.22. The fourth-order valence-corrected chi connectivity index (χ4v) is 2.59. The van der Waals surface area contributed by atoms with Gasteiger partial charge in [-0.25, -0.2) is 0 Å². The van der Waals surface area contributed by atoms with Gasteiger partial charge in [0.05, 0.1) is 13.7 Å². The molecule has 114 valence electrons. The fourth-order valence-electron chi connectivity index (χ4n) is 2.59. The predicted molar refractivity (Wildman–Crippen MR) is 80.1 cm³/mol. The van der Waals surface area contributed by atoms with E-state index in [0.717, 1.165) is 37.0 Å². The molecule has 1 aliphatic rings. The Morgan fingerprint density at radius 3 is 3.14 bits per heavy atom. The summed E-state index contributed by atoms with van der Waals surface area (Å²) in [5, 5.41) is 2.91. The molecular weight excluding hydrogens is 268 g/mol. The molecule has 1 fully saturated rings. The van der Waals surface area contributed by atoms with Gasteiger partial charge in [-0.2, -0.15) is 0 Å². The Morgan fingerprint density at radius 1 is 1.52 bits per heavy atom. The van der Waals surface area contributed by atoms with E-state index in [1.54, 1.807) is 7.11 Å². The molecule has 2 rings (SSSR count). The van der Waals surface area contributed by atoms with Crippen molar-refractivity contribution < 1.29 is 14.3 Å². The molecule has 5 heteroatoms. The highest BCUT2D eigenvalue weighted by Crippen LogP contribution is 2.14. The Kier molecular flexibility index (Phi) is 5.75. The van der Waals surface area contributed by atoms with Crippen LogP contribution in [0.1, 0.15) is 18.4 Å². The van der Waals surface area contributed by atoms with E-state index in [0.29, 0.717) is 19.6 Å². The van der Waals surface area contributed by atoms with Crippen molar-refractivity contribution in [1.82, 2.24) is 10.2 Å². The number of nitrogens with zero attached hydrogens (tertiary/aromatic N) is 1. The molecule has 1 aromatic carbocycles. The topological polar surface area (TPSA) is 58.6 Å². The van der Waals surface area contributed by atoms with E-state index in [9.17, 15) is 9.59 Å². The lowest BCUT2D eigenvalue weighted by molar-refractivity contribution is -0.123. The van der Waals surface area contributed by atoms with Crippen molar-refractivity contribution in [2.75, 3.05) is 26.7 Å². The molecule has 1 saturated heterocycles. The molecule has 1 atom stereocenters. The zero-order chi connectivity index (χ0) is 15.1. The van der Waals surface area contributed by atoms with Crippen LogP contribution in [0, 0.1) is 5.92 Å². The van der Waals surface area contributed by atoms with Crippen molar-refractivity contribution in [2.24, 2.45) is 5.92 Å². The van der Waals surface area contributed by atoms with Crippen molar-refractivity contribution in [2.45, 2.75) is 19.4 Å². The van der Waals surface area contributed by atoms with E-state index in [4.69, 9.17) is 4.74 Å². The first kappa shape index (κ1) is 15.5. The average Bonchev–Trinajstić information content (AvgIpc) is 2.53. The van der Waals surface area contributed by atoms with Gasteiger partial charge in [0.2, 0.25) is 5.91 Å². The number of nitrogens with one attached hydrogen (secondary N) is 1. The maximum absolute atomic E-state index is 12.0. The zero-order valence-electron chi connectivity index (χ0n) is 12.4. The van der Waals surface area contributed by atoms with E-state index >= 15 is 0 Å². The van der Waals surface area contributed by atoms with Gasteiger partial charge in [0, 0.05) is 19.0 Å². The zero-order valence-corrected chi connectivity index (χ0v) is 12.4. The lowest BCUT2D eigenvalue weighted by Gasteiger charge is -2.29. The van der Waals surface area contributed by atoms with E-state index in [1.165, 1.54) is 0 Å². The van der Waals surface area contributed by atoms with Gasteiger partial charge in [0.1, 0.15) is 12.0 Å². The Bertz CT molecular complexity index is 490. The van der Waals surface area contributed by atoms with Crippen molar-refractivity contribution in [3.05, 3.63) is 29.8 Å². The number of rotatable bonds is 6. The normalized spacial score (nSPS) is 19.0. The Labute approximate surface area is 125 Å². The molecule has 1 unspecified atom stereocenters. The van der Waals surface area contributed by atoms with Crippen LogP contribution < -0.4 is 10.1 Å². The van der Waals surface area contributed by atoms with Gasteiger partial charge in [-0.1, -0.05) is 12.1 Å². The largest absolute Gasteiger partial charge is 0.497 e. The number of piperidine rings is 1. The molecule has 5 nitrogen and oxygen atoms in total. The molecule has 1 aliphatic heterocycles. The maximum Gasteiger partial charge on any atom is 0.234 e. The highest BCUT2D eigenvalue weighted by atomic mass is 16.5. The highest BCUT2D eigenvalue weighted by molar-refractivity contribution is 5.78. The molecule has 1 heterocycles. The minimum atomic E-state index is -0.00984. The number of methoxy groups -OCH3 is 1. The van der Waals surface area contributed by atoms with Crippen LogP contribution >= 0.6 is 0 Å². The fraction of sp³-hybridized carbons (Fsp3) is 0.500. The molecule has 0 radical (unpaired) electrons. The number of hydrogen-bond acceptors (Lipinski definition) is 4. The smallest absolute Gasteiger partial charge is 0.234 e. The monoisotopic (exact) mass is 290 g/mol. The minimum absolute atomic E-state index is 0.00984.